The highest BCUT2D eigenvalue weighted by molar-refractivity contribution is 4.86. The Labute approximate surface area is 106 Å². The van der Waals surface area contributed by atoms with E-state index < -0.39 is 0 Å². The van der Waals surface area contributed by atoms with Crippen molar-refractivity contribution in [1.29, 1.82) is 0 Å². The second kappa shape index (κ2) is 6.72. The van der Waals surface area contributed by atoms with Crippen molar-refractivity contribution < 1.29 is 4.74 Å². The zero-order chi connectivity index (χ0) is 12.1. The Morgan fingerprint density at radius 1 is 1.29 bits per heavy atom. The molecule has 3 nitrogen and oxygen atoms in total. The molecule has 1 N–H and O–H groups in total. The topological polar surface area (TPSA) is 24.5 Å². The van der Waals surface area contributed by atoms with E-state index in [0.717, 1.165) is 25.2 Å². The average Bonchev–Trinajstić information content (AvgIpc) is 2.90. The van der Waals surface area contributed by atoms with Gasteiger partial charge in [-0.25, -0.2) is 0 Å². The molecule has 0 aromatic rings. The third kappa shape index (κ3) is 3.67. The molecule has 0 bridgehead atoms. The van der Waals surface area contributed by atoms with E-state index in [2.05, 4.69) is 24.1 Å². The van der Waals surface area contributed by atoms with Gasteiger partial charge in [-0.05, 0) is 65.1 Å². The van der Waals surface area contributed by atoms with Gasteiger partial charge in [0.15, 0.2) is 0 Å². The molecule has 2 aliphatic heterocycles. The zero-order valence-corrected chi connectivity index (χ0v) is 11.5. The van der Waals surface area contributed by atoms with Crippen LogP contribution in [-0.2, 0) is 4.74 Å². The Morgan fingerprint density at radius 3 is 2.65 bits per heavy atom. The highest BCUT2D eigenvalue weighted by Gasteiger charge is 2.29. The Morgan fingerprint density at radius 2 is 2.06 bits per heavy atom. The number of likely N-dealkylation sites (tertiary alicyclic amines) is 1. The molecule has 0 aromatic heterocycles. The Hall–Kier alpha value is -0.120. The lowest BCUT2D eigenvalue weighted by atomic mass is 9.88. The van der Waals surface area contributed by atoms with Crippen LogP contribution in [-0.4, -0.2) is 49.8 Å². The van der Waals surface area contributed by atoms with Crippen LogP contribution in [0, 0.1) is 5.92 Å². The fraction of sp³-hybridized carbons (Fsp3) is 1.00. The fourth-order valence-electron chi connectivity index (χ4n) is 3.27. The van der Waals surface area contributed by atoms with Crippen molar-refractivity contribution in [2.45, 2.75) is 51.6 Å². The summed E-state index contributed by atoms with van der Waals surface area (Å²) in [5, 5.41) is 3.66. The van der Waals surface area contributed by atoms with Gasteiger partial charge >= 0.3 is 0 Å². The third-order valence-corrected chi connectivity index (χ3v) is 4.43. The van der Waals surface area contributed by atoms with Gasteiger partial charge in [0.1, 0.15) is 0 Å². The summed E-state index contributed by atoms with van der Waals surface area (Å²) in [5.74, 6) is 0.924. The smallest absolute Gasteiger partial charge is 0.0618 e. The molecule has 17 heavy (non-hydrogen) atoms. The van der Waals surface area contributed by atoms with Crippen LogP contribution in [0.25, 0.3) is 0 Å². The minimum Gasteiger partial charge on any atom is -0.380 e. The van der Waals surface area contributed by atoms with Crippen LogP contribution in [0.2, 0.25) is 0 Å². The predicted octanol–water partition coefficient (Wildman–Crippen LogP) is 1.88. The second-order valence-corrected chi connectivity index (χ2v) is 5.58. The number of nitrogens with zero attached hydrogens (tertiary/aromatic N) is 1. The first-order chi connectivity index (χ1) is 8.31. The van der Waals surface area contributed by atoms with Crippen molar-refractivity contribution >= 4 is 0 Å². The lowest BCUT2D eigenvalue weighted by Gasteiger charge is -2.38. The maximum atomic E-state index is 5.52. The summed E-state index contributed by atoms with van der Waals surface area (Å²) in [6, 6.07) is 1.41. The number of ether oxygens (including phenoxy) is 1. The highest BCUT2D eigenvalue weighted by atomic mass is 16.5. The van der Waals surface area contributed by atoms with E-state index in [1.54, 1.807) is 0 Å². The maximum Gasteiger partial charge on any atom is 0.0618 e. The molecule has 2 aliphatic rings. The van der Waals surface area contributed by atoms with Crippen molar-refractivity contribution in [2.75, 3.05) is 32.8 Å². The van der Waals surface area contributed by atoms with Crippen LogP contribution >= 0.6 is 0 Å². The quantitative estimate of drug-likeness (QED) is 0.794. The van der Waals surface area contributed by atoms with Crippen molar-refractivity contribution in [3.05, 3.63) is 0 Å². The van der Waals surface area contributed by atoms with Gasteiger partial charge in [-0.15, -0.1) is 0 Å². The van der Waals surface area contributed by atoms with Crippen LogP contribution < -0.4 is 5.32 Å². The first-order valence-corrected chi connectivity index (χ1v) is 7.36. The first kappa shape index (κ1) is 13.3. The third-order valence-electron chi connectivity index (χ3n) is 4.43. The van der Waals surface area contributed by atoms with Crippen LogP contribution in [0.3, 0.4) is 0 Å². The van der Waals surface area contributed by atoms with Gasteiger partial charge in [0.05, 0.1) is 6.61 Å². The molecule has 2 unspecified atom stereocenters. The Balaban J connectivity index is 1.69. The molecule has 100 valence electrons. The molecule has 0 radical (unpaired) electrons. The Kier molecular flexibility index (Phi) is 5.26. The molecule has 0 spiro atoms. The van der Waals surface area contributed by atoms with E-state index in [-0.39, 0.29) is 0 Å². The number of hydrogen-bond acceptors (Lipinski definition) is 3. The second-order valence-electron chi connectivity index (χ2n) is 5.58. The standard InChI is InChI=1S/C14H28N2O/c1-3-17-11-12(2)16-9-6-13(7-10-16)14-5-4-8-15-14/h12-15H,3-11H2,1-2H3. The van der Waals surface area contributed by atoms with E-state index in [9.17, 15) is 0 Å². The maximum absolute atomic E-state index is 5.52. The number of hydrogen-bond donors (Lipinski definition) is 1. The SMILES string of the molecule is CCOCC(C)N1CCC(C2CCCN2)CC1. The minimum absolute atomic E-state index is 0.590. The summed E-state index contributed by atoms with van der Waals surface area (Å²) in [6.07, 6.45) is 5.52. The van der Waals surface area contributed by atoms with E-state index in [1.165, 1.54) is 45.3 Å². The van der Waals surface area contributed by atoms with Crippen LogP contribution in [0.4, 0.5) is 0 Å². The van der Waals surface area contributed by atoms with Crippen molar-refractivity contribution in [1.82, 2.24) is 10.2 Å². The van der Waals surface area contributed by atoms with Crippen LogP contribution in [0.15, 0.2) is 0 Å². The van der Waals surface area contributed by atoms with Crippen molar-refractivity contribution in [3.63, 3.8) is 0 Å². The monoisotopic (exact) mass is 240 g/mol. The summed E-state index contributed by atoms with van der Waals surface area (Å²) < 4.78 is 5.52. The molecule has 2 fully saturated rings. The largest absolute Gasteiger partial charge is 0.380 e. The molecular formula is C14H28N2O. The summed E-state index contributed by atoms with van der Waals surface area (Å²) in [7, 11) is 0. The van der Waals surface area contributed by atoms with Gasteiger partial charge in [-0.1, -0.05) is 0 Å². The van der Waals surface area contributed by atoms with Crippen molar-refractivity contribution in [2.24, 2.45) is 5.92 Å². The summed E-state index contributed by atoms with van der Waals surface area (Å²) in [5.41, 5.74) is 0. The van der Waals surface area contributed by atoms with E-state index in [0.29, 0.717) is 6.04 Å². The normalized spacial score (nSPS) is 29.6. The van der Waals surface area contributed by atoms with Crippen molar-refractivity contribution in [3.8, 4) is 0 Å². The van der Waals surface area contributed by atoms with Crippen LogP contribution in [0.5, 0.6) is 0 Å². The van der Waals surface area contributed by atoms with E-state index in [4.69, 9.17) is 4.74 Å². The molecule has 0 amide bonds. The van der Waals surface area contributed by atoms with E-state index >= 15 is 0 Å². The Bertz CT molecular complexity index is 208. The molecule has 2 saturated heterocycles. The zero-order valence-electron chi connectivity index (χ0n) is 11.5. The molecule has 0 aliphatic carbocycles. The van der Waals surface area contributed by atoms with E-state index in [1.807, 2.05) is 0 Å². The molecular weight excluding hydrogens is 212 g/mol. The van der Waals surface area contributed by atoms with Gasteiger partial charge in [0.2, 0.25) is 0 Å². The van der Waals surface area contributed by atoms with Gasteiger partial charge in [-0.3, -0.25) is 4.90 Å². The molecule has 2 heterocycles. The highest BCUT2D eigenvalue weighted by Crippen LogP contribution is 2.26. The number of nitrogens with one attached hydrogen (secondary N) is 1. The van der Waals surface area contributed by atoms with Gasteiger partial charge in [-0.2, -0.15) is 0 Å². The predicted molar refractivity (Wildman–Crippen MR) is 71.3 cm³/mol. The van der Waals surface area contributed by atoms with Gasteiger partial charge < -0.3 is 10.1 Å². The summed E-state index contributed by atoms with van der Waals surface area (Å²) >= 11 is 0. The fourth-order valence-corrected chi connectivity index (χ4v) is 3.27. The first-order valence-electron chi connectivity index (χ1n) is 7.36. The number of rotatable bonds is 5. The van der Waals surface area contributed by atoms with Gasteiger partial charge in [0, 0.05) is 18.7 Å². The molecule has 2 atom stereocenters. The summed E-state index contributed by atoms with van der Waals surface area (Å²) in [6.45, 7) is 9.87. The minimum atomic E-state index is 0.590. The molecule has 3 heteroatoms. The average molecular weight is 240 g/mol. The molecule has 2 rings (SSSR count). The molecule has 0 aromatic carbocycles. The number of piperidine rings is 1. The molecule has 0 saturated carbocycles. The lowest BCUT2D eigenvalue weighted by Crippen LogP contribution is -2.45. The van der Waals surface area contributed by atoms with Crippen LogP contribution in [0.1, 0.15) is 39.5 Å². The van der Waals surface area contributed by atoms with Gasteiger partial charge in [0.25, 0.3) is 0 Å². The lowest BCUT2D eigenvalue weighted by molar-refractivity contribution is 0.0510. The summed E-state index contributed by atoms with van der Waals surface area (Å²) in [4.78, 5) is 2.60.